The topological polar surface area (TPSA) is 105 Å². The lowest BCUT2D eigenvalue weighted by Crippen LogP contribution is -2.31. The molecule has 0 radical (unpaired) electrons. The van der Waals surface area contributed by atoms with Crippen LogP contribution in [0.25, 0.3) is 22.3 Å². The number of methoxy groups -OCH3 is 1. The molecule has 5 rings (SSSR count). The minimum Gasteiger partial charge on any atom is -0.467 e. The maximum atomic E-state index is 14.4. The van der Waals surface area contributed by atoms with Crippen LogP contribution in [0.5, 0.6) is 6.01 Å². The number of carbonyl (C=O) groups excluding carboxylic acids is 1. The van der Waals surface area contributed by atoms with E-state index in [0.29, 0.717) is 52.2 Å². The van der Waals surface area contributed by atoms with E-state index in [0.717, 1.165) is 6.07 Å². The number of anilines is 2. The molecule has 4 aromatic rings. The summed E-state index contributed by atoms with van der Waals surface area (Å²) in [5.41, 5.74) is 3.36. The molecule has 156 valence electrons. The Bertz CT molecular complexity index is 1340. The molecule has 0 spiro atoms. The number of aromatic amines is 1. The van der Waals surface area contributed by atoms with Gasteiger partial charge >= 0.3 is 6.01 Å². The molecule has 31 heavy (non-hydrogen) atoms. The van der Waals surface area contributed by atoms with Gasteiger partial charge in [0.2, 0.25) is 0 Å². The highest BCUT2D eigenvalue weighted by molar-refractivity contribution is 6.08. The fourth-order valence-corrected chi connectivity index (χ4v) is 3.66. The lowest BCUT2D eigenvalue weighted by Gasteiger charge is -2.15. The van der Waals surface area contributed by atoms with Crippen LogP contribution in [0.15, 0.2) is 36.7 Å². The molecular formula is C21H16F2N6O2. The second-order valence-corrected chi connectivity index (χ2v) is 6.91. The van der Waals surface area contributed by atoms with Gasteiger partial charge in [-0.3, -0.25) is 9.78 Å². The Morgan fingerprint density at radius 2 is 2.06 bits per heavy atom. The van der Waals surface area contributed by atoms with Crippen molar-refractivity contribution in [3.63, 3.8) is 0 Å². The number of rotatable bonds is 4. The van der Waals surface area contributed by atoms with Crippen molar-refractivity contribution in [1.29, 1.82) is 0 Å². The van der Waals surface area contributed by atoms with Gasteiger partial charge < -0.3 is 20.4 Å². The van der Waals surface area contributed by atoms with Crippen LogP contribution < -0.4 is 15.4 Å². The zero-order valence-electron chi connectivity index (χ0n) is 16.3. The third kappa shape index (κ3) is 3.12. The second kappa shape index (κ2) is 7.31. The van der Waals surface area contributed by atoms with Crippen LogP contribution in [-0.4, -0.2) is 39.5 Å². The number of benzene rings is 1. The highest BCUT2D eigenvalue weighted by Gasteiger charge is 2.28. The number of amides is 1. The van der Waals surface area contributed by atoms with Crippen molar-refractivity contribution in [1.82, 2.24) is 25.3 Å². The molecule has 0 aliphatic carbocycles. The average molecular weight is 422 g/mol. The average Bonchev–Trinajstić information content (AvgIpc) is 3.15. The Morgan fingerprint density at radius 3 is 2.90 bits per heavy atom. The quantitative estimate of drug-likeness (QED) is 0.466. The number of hydrogen-bond acceptors (Lipinski definition) is 6. The van der Waals surface area contributed by atoms with Crippen LogP contribution in [0.1, 0.15) is 16.1 Å². The summed E-state index contributed by atoms with van der Waals surface area (Å²) in [6.45, 7) is 0.465. The molecule has 0 unspecified atom stereocenters. The van der Waals surface area contributed by atoms with E-state index in [1.165, 1.54) is 25.4 Å². The minimum atomic E-state index is -1.04. The van der Waals surface area contributed by atoms with E-state index in [1.807, 2.05) is 0 Å². The first kappa shape index (κ1) is 18.9. The van der Waals surface area contributed by atoms with E-state index in [4.69, 9.17) is 4.74 Å². The molecule has 8 nitrogen and oxygen atoms in total. The number of hydrogen-bond donors (Lipinski definition) is 3. The predicted octanol–water partition coefficient (Wildman–Crippen LogP) is 3.34. The molecule has 3 N–H and O–H groups in total. The van der Waals surface area contributed by atoms with Crippen molar-refractivity contribution in [3.05, 3.63) is 59.6 Å². The summed E-state index contributed by atoms with van der Waals surface area (Å²) >= 11 is 0. The van der Waals surface area contributed by atoms with E-state index in [9.17, 15) is 13.6 Å². The molecule has 1 aliphatic rings. The van der Waals surface area contributed by atoms with Crippen LogP contribution in [0.3, 0.4) is 0 Å². The molecule has 1 amide bonds. The highest BCUT2D eigenvalue weighted by atomic mass is 19.2. The summed E-state index contributed by atoms with van der Waals surface area (Å²) < 4.78 is 33.3. The Labute approximate surface area is 174 Å². The van der Waals surface area contributed by atoms with Crippen molar-refractivity contribution in [2.75, 3.05) is 19.0 Å². The number of halogens is 2. The van der Waals surface area contributed by atoms with Gasteiger partial charge in [-0.1, -0.05) is 6.07 Å². The monoisotopic (exact) mass is 422 g/mol. The van der Waals surface area contributed by atoms with E-state index in [2.05, 4.69) is 30.6 Å². The van der Waals surface area contributed by atoms with Crippen LogP contribution in [0.2, 0.25) is 0 Å². The standard InChI is InChI=1S/C21H16F2N6O2/c1-31-21-26-9-14-17(29-21)10(5-7-24-14)18-19(15-12(27-18)6-8-25-20(15)30)28-13-4-2-3-11(22)16(13)23/h2-5,7,9,27-28H,6,8H2,1H3,(H,25,30). The maximum Gasteiger partial charge on any atom is 0.316 e. The number of aromatic nitrogens is 4. The lowest BCUT2D eigenvalue weighted by atomic mass is 10.0. The largest absolute Gasteiger partial charge is 0.467 e. The molecule has 0 bridgehead atoms. The van der Waals surface area contributed by atoms with E-state index >= 15 is 0 Å². The highest BCUT2D eigenvalue weighted by Crippen LogP contribution is 2.39. The fourth-order valence-electron chi connectivity index (χ4n) is 3.66. The molecule has 0 fully saturated rings. The van der Waals surface area contributed by atoms with Gasteiger partial charge in [-0.25, -0.2) is 13.8 Å². The summed E-state index contributed by atoms with van der Waals surface area (Å²) in [6, 6.07) is 5.69. The van der Waals surface area contributed by atoms with Gasteiger partial charge in [0.15, 0.2) is 11.6 Å². The Balaban J connectivity index is 1.76. The number of pyridine rings is 1. The normalized spacial score (nSPS) is 13.1. The van der Waals surface area contributed by atoms with Gasteiger partial charge in [-0.2, -0.15) is 4.98 Å². The molecule has 0 saturated heterocycles. The maximum absolute atomic E-state index is 14.4. The zero-order valence-corrected chi connectivity index (χ0v) is 16.3. The first-order valence-electron chi connectivity index (χ1n) is 9.47. The molecule has 3 aromatic heterocycles. The number of carbonyl (C=O) groups is 1. The molecular weight excluding hydrogens is 406 g/mol. The molecule has 4 heterocycles. The summed E-state index contributed by atoms with van der Waals surface area (Å²) in [6.07, 6.45) is 3.67. The van der Waals surface area contributed by atoms with Crippen LogP contribution >= 0.6 is 0 Å². The third-order valence-electron chi connectivity index (χ3n) is 5.09. The Morgan fingerprint density at radius 1 is 1.19 bits per heavy atom. The molecule has 10 heteroatoms. The Kier molecular flexibility index (Phi) is 4.46. The van der Waals surface area contributed by atoms with Crippen LogP contribution in [0, 0.1) is 11.6 Å². The molecule has 1 aliphatic heterocycles. The minimum absolute atomic E-state index is 0.0907. The van der Waals surface area contributed by atoms with Crippen molar-refractivity contribution in [2.24, 2.45) is 0 Å². The first-order chi connectivity index (χ1) is 15.1. The number of nitrogens with zero attached hydrogens (tertiary/aromatic N) is 3. The predicted molar refractivity (Wildman–Crippen MR) is 109 cm³/mol. The summed E-state index contributed by atoms with van der Waals surface area (Å²) in [5.74, 6) is -2.34. The SMILES string of the molecule is COc1ncc2nccc(-c3[nH]c4c(c3Nc3cccc(F)c3F)C(=O)NCC4)c2n1. The van der Waals surface area contributed by atoms with Gasteiger partial charge in [-0.05, 0) is 18.2 Å². The van der Waals surface area contributed by atoms with Gasteiger partial charge in [0.1, 0.15) is 11.0 Å². The van der Waals surface area contributed by atoms with Crippen molar-refractivity contribution < 1.29 is 18.3 Å². The van der Waals surface area contributed by atoms with E-state index in [-0.39, 0.29) is 17.6 Å². The lowest BCUT2D eigenvalue weighted by molar-refractivity contribution is 0.0947. The van der Waals surface area contributed by atoms with Crippen molar-refractivity contribution >= 4 is 28.3 Å². The summed E-state index contributed by atoms with van der Waals surface area (Å²) in [7, 11) is 1.45. The summed E-state index contributed by atoms with van der Waals surface area (Å²) in [5, 5.41) is 5.70. The van der Waals surface area contributed by atoms with E-state index in [1.54, 1.807) is 12.3 Å². The van der Waals surface area contributed by atoms with E-state index < -0.39 is 11.6 Å². The smallest absolute Gasteiger partial charge is 0.316 e. The van der Waals surface area contributed by atoms with Gasteiger partial charge in [-0.15, -0.1) is 0 Å². The number of fused-ring (bicyclic) bond motifs is 2. The molecule has 0 saturated carbocycles. The number of nitrogens with one attached hydrogen (secondary N) is 3. The summed E-state index contributed by atoms with van der Waals surface area (Å²) in [4.78, 5) is 28.7. The second-order valence-electron chi connectivity index (χ2n) is 6.91. The zero-order chi connectivity index (χ0) is 21.5. The van der Waals surface area contributed by atoms with Gasteiger partial charge in [0, 0.05) is 30.4 Å². The van der Waals surface area contributed by atoms with Crippen molar-refractivity contribution in [2.45, 2.75) is 6.42 Å². The Hall–Kier alpha value is -4.08. The molecule has 0 atom stereocenters. The van der Waals surface area contributed by atoms with Crippen LogP contribution in [0.4, 0.5) is 20.2 Å². The fraction of sp³-hybridized carbons (Fsp3) is 0.143. The van der Waals surface area contributed by atoms with Gasteiger partial charge in [0.25, 0.3) is 5.91 Å². The number of ether oxygens (including phenoxy) is 1. The van der Waals surface area contributed by atoms with Gasteiger partial charge in [0.05, 0.1) is 35.9 Å². The van der Waals surface area contributed by atoms with Crippen LogP contribution in [-0.2, 0) is 6.42 Å². The first-order valence-corrected chi connectivity index (χ1v) is 9.47. The number of H-pyrrole nitrogens is 1. The third-order valence-corrected chi connectivity index (χ3v) is 5.09. The van der Waals surface area contributed by atoms with Crippen molar-refractivity contribution in [3.8, 4) is 17.3 Å². The molecule has 1 aromatic carbocycles.